The third-order valence-corrected chi connectivity index (χ3v) is 5.82. The molecule has 3 aromatic carbocycles. The average molecular weight is 493 g/mol. The number of nitrogens with zero attached hydrogens (tertiary/aromatic N) is 1. The number of benzene rings is 3. The standard InChI is InChI=1S/C29H36N2O5/c1-4-34-27(35-5-2)19-12-20-30-28(32)22(3)31(29(33)36-21-23-13-7-6-8-14-23)26-18-11-16-24-15-9-10-17-25(24)26/h6-11,13-18,22,27H,4-5,12,19-21H2,1-3H3,(H,30,32)/t22-/m0/s1. The fourth-order valence-corrected chi connectivity index (χ4v) is 4.00. The van der Waals surface area contributed by atoms with Crippen molar-refractivity contribution in [2.24, 2.45) is 0 Å². The number of fused-ring (bicyclic) bond motifs is 1. The van der Waals surface area contributed by atoms with Gasteiger partial charge in [0.2, 0.25) is 5.91 Å². The van der Waals surface area contributed by atoms with Crippen molar-refractivity contribution < 1.29 is 23.8 Å². The Kier molecular flexibility index (Phi) is 10.7. The third-order valence-electron chi connectivity index (χ3n) is 5.82. The predicted octanol–water partition coefficient (Wildman–Crippen LogP) is 5.67. The minimum atomic E-state index is -0.784. The lowest BCUT2D eigenvalue weighted by Crippen LogP contribution is -2.48. The second kappa shape index (κ2) is 14.2. The molecular weight excluding hydrogens is 456 g/mol. The van der Waals surface area contributed by atoms with Gasteiger partial charge in [-0.2, -0.15) is 0 Å². The van der Waals surface area contributed by atoms with Crippen LogP contribution in [0.3, 0.4) is 0 Å². The zero-order valence-electron chi connectivity index (χ0n) is 21.3. The van der Waals surface area contributed by atoms with Crippen molar-refractivity contribution in [2.75, 3.05) is 24.7 Å². The SMILES string of the molecule is CCOC(CCCNC(=O)[C@H](C)N(C(=O)OCc1ccccc1)c1cccc2ccccc12)OCC. The van der Waals surface area contributed by atoms with E-state index in [2.05, 4.69) is 5.32 Å². The number of nitrogens with one attached hydrogen (secondary N) is 1. The Morgan fingerprint density at radius 3 is 2.28 bits per heavy atom. The van der Waals surface area contributed by atoms with Crippen LogP contribution in [0.25, 0.3) is 10.8 Å². The summed E-state index contributed by atoms with van der Waals surface area (Å²) in [5, 5.41) is 4.79. The van der Waals surface area contributed by atoms with Gasteiger partial charge in [0.1, 0.15) is 12.6 Å². The Balaban J connectivity index is 1.73. The fourth-order valence-electron chi connectivity index (χ4n) is 4.00. The van der Waals surface area contributed by atoms with E-state index in [4.69, 9.17) is 14.2 Å². The van der Waals surface area contributed by atoms with E-state index >= 15 is 0 Å². The van der Waals surface area contributed by atoms with E-state index in [0.29, 0.717) is 38.3 Å². The van der Waals surface area contributed by atoms with Crippen molar-refractivity contribution in [1.29, 1.82) is 0 Å². The highest BCUT2D eigenvalue weighted by atomic mass is 16.7. The van der Waals surface area contributed by atoms with Gasteiger partial charge in [-0.05, 0) is 44.2 Å². The van der Waals surface area contributed by atoms with Crippen LogP contribution in [-0.2, 0) is 25.6 Å². The van der Waals surface area contributed by atoms with E-state index in [0.717, 1.165) is 16.3 Å². The zero-order chi connectivity index (χ0) is 25.8. The average Bonchev–Trinajstić information content (AvgIpc) is 2.90. The number of carbonyl (C=O) groups excluding carboxylic acids is 2. The van der Waals surface area contributed by atoms with Crippen molar-refractivity contribution in [2.45, 2.75) is 52.6 Å². The van der Waals surface area contributed by atoms with Crippen LogP contribution in [0.5, 0.6) is 0 Å². The Morgan fingerprint density at radius 2 is 1.56 bits per heavy atom. The Morgan fingerprint density at radius 1 is 0.889 bits per heavy atom. The first-order valence-electron chi connectivity index (χ1n) is 12.5. The molecule has 36 heavy (non-hydrogen) atoms. The van der Waals surface area contributed by atoms with E-state index in [9.17, 15) is 9.59 Å². The first-order valence-corrected chi connectivity index (χ1v) is 12.5. The molecule has 1 atom stereocenters. The highest BCUT2D eigenvalue weighted by Gasteiger charge is 2.30. The van der Waals surface area contributed by atoms with Gasteiger partial charge in [0.25, 0.3) is 0 Å². The fraction of sp³-hybridized carbons (Fsp3) is 0.379. The largest absolute Gasteiger partial charge is 0.444 e. The number of rotatable bonds is 13. The summed E-state index contributed by atoms with van der Waals surface area (Å²) in [4.78, 5) is 27.9. The van der Waals surface area contributed by atoms with Gasteiger partial charge in [-0.15, -0.1) is 0 Å². The normalized spacial score (nSPS) is 11.9. The molecule has 7 heteroatoms. The molecule has 1 N–H and O–H groups in total. The van der Waals surface area contributed by atoms with E-state index < -0.39 is 12.1 Å². The molecule has 3 rings (SSSR count). The summed E-state index contributed by atoms with van der Waals surface area (Å²) in [6.45, 7) is 7.26. The summed E-state index contributed by atoms with van der Waals surface area (Å²) < 4.78 is 16.8. The molecule has 2 amide bonds. The molecule has 0 aliphatic heterocycles. The van der Waals surface area contributed by atoms with Gasteiger partial charge >= 0.3 is 6.09 Å². The molecule has 192 valence electrons. The molecule has 0 heterocycles. The summed E-state index contributed by atoms with van der Waals surface area (Å²) in [6, 6.07) is 22.2. The lowest BCUT2D eigenvalue weighted by Gasteiger charge is -2.29. The van der Waals surface area contributed by atoms with Gasteiger partial charge in [-0.1, -0.05) is 66.7 Å². The molecule has 0 aliphatic carbocycles. The number of hydrogen-bond donors (Lipinski definition) is 1. The summed E-state index contributed by atoms with van der Waals surface area (Å²) in [5.41, 5.74) is 1.50. The quantitative estimate of drug-likeness (QED) is 0.246. The van der Waals surface area contributed by atoms with Gasteiger partial charge < -0.3 is 19.5 Å². The molecule has 0 saturated heterocycles. The van der Waals surface area contributed by atoms with Crippen molar-refractivity contribution in [3.05, 3.63) is 78.4 Å². The van der Waals surface area contributed by atoms with E-state index in [1.165, 1.54) is 4.90 Å². The van der Waals surface area contributed by atoms with Crippen LogP contribution in [0.15, 0.2) is 72.8 Å². The molecule has 0 radical (unpaired) electrons. The molecule has 0 saturated carbocycles. The van der Waals surface area contributed by atoms with E-state index in [1.807, 2.05) is 86.6 Å². The highest BCUT2D eigenvalue weighted by Crippen LogP contribution is 2.29. The van der Waals surface area contributed by atoms with E-state index in [1.54, 1.807) is 6.92 Å². The molecule has 0 aliphatic rings. The number of anilines is 1. The van der Waals surface area contributed by atoms with Crippen LogP contribution in [-0.4, -0.2) is 44.1 Å². The number of hydrogen-bond acceptors (Lipinski definition) is 5. The van der Waals surface area contributed by atoms with Gasteiger partial charge in [-0.3, -0.25) is 9.69 Å². The monoisotopic (exact) mass is 492 g/mol. The summed E-state index contributed by atoms with van der Waals surface area (Å²) in [6.07, 6.45) is 0.498. The maximum Gasteiger partial charge on any atom is 0.415 e. The second-order valence-corrected chi connectivity index (χ2v) is 8.36. The maximum atomic E-state index is 13.4. The minimum Gasteiger partial charge on any atom is -0.444 e. The first-order chi connectivity index (χ1) is 17.5. The van der Waals surface area contributed by atoms with Crippen LogP contribution < -0.4 is 10.2 Å². The molecule has 0 unspecified atom stereocenters. The molecular formula is C29H36N2O5. The van der Waals surface area contributed by atoms with Gasteiger partial charge in [0.05, 0.1) is 5.69 Å². The Bertz CT molecular complexity index is 1090. The Labute approximate surface area is 213 Å². The zero-order valence-corrected chi connectivity index (χ0v) is 21.3. The summed E-state index contributed by atoms with van der Waals surface area (Å²) in [7, 11) is 0. The summed E-state index contributed by atoms with van der Waals surface area (Å²) >= 11 is 0. The van der Waals surface area contributed by atoms with Crippen LogP contribution >= 0.6 is 0 Å². The van der Waals surface area contributed by atoms with Crippen molar-refractivity contribution in [1.82, 2.24) is 5.32 Å². The van der Waals surface area contributed by atoms with Gasteiger partial charge in [-0.25, -0.2) is 4.79 Å². The number of carbonyl (C=O) groups is 2. The molecule has 0 bridgehead atoms. The minimum absolute atomic E-state index is 0.117. The van der Waals surface area contributed by atoms with Gasteiger partial charge in [0.15, 0.2) is 6.29 Å². The lowest BCUT2D eigenvalue weighted by molar-refractivity contribution is -0.140. The third kappa shape index (κ3) is 7.54. The highest BCUT2D eigenvalue weighted by molar-refractivity contribution is 6.05. The van der Waals surface area contributed by atoms with Crippen LogP contribution in [0.2, 0.25) is 0 Å². The molecule has 7 nitrogen and oxygen atoms in total. The first kappa shape index (κ1) is 27.2. The smallest absolute Gasteiger partial charge is 0.415 e. The Hall–Kier alpha value is -3.42. The van der Waals surface area contributed by atoms with Crippen LogP contribution in [0.1, 0.15) is 39.2 Å². The topological polar surface area (TPSA) is 77.1 Å². The maximum absolute atomic E-state index is 13.4. The molecule has 0 spiro atoms. The number of amides is 2. The van der Waals surface area contributed by atoms with Crippen molar-refractivity contribution >= 4 is 28.5 Å². The van der Waals surface area contributed by atoms with Crippen molar-refractivity contribution in [3.63, 3.8) is 0 Å². The lowest BCUT2D eigenvalue weighted by atomic mass is 10.1. The van der Waals surface area contributed by atoms with Crippen LogP contribution in [0, 0.1) is 0 Å². The number of ether oxygens (including phenoxy) is 3. The molecule has 0 aromatic heterocycles. The predicted molar refractivity (Wildman–Crippen MR) is 142 cm³/mol. The van der Waals surface area contributed by atoms with Crippen LogP contribution in [0.4, 0.5) is 10.5 Å². The second-order valence-electron chi connectivity index (χ2n) is 8.36. The van der Waals surface area contributed by atoms with E-state index in [-0.39, 0.29) is 18.8 Å². The van der Waals surface area contributed by atoms with Crippen molar-refractivity contribution in [3.8, 4) is 0 Å². The van der Waals surface area contributed by atoms with Gasteiger partial charge in [0, 0.05) is 31.6 Å². The summed E-state index contributed by atoms with van der Waals surface area (Å²) in [5.74, 6) is -0.260. The molecule has 3 aromatic rings. The molecule has 0 fully saturated rings.